The molecule has 1 aromatic heterocycles. The van der Waals surface area contributed by atoms with E-state index in [9.17, 15) is 9.59 Å². The Labute approximate surface area is 217 Å². The molecule has 0 spiro atoms. The number of halogens is 1. The molecule has 4 aromatic rings. The van der Waals surface area contributed by atoms with Crippen molar-refractivity contribution in [2.75, 3.05) is 17.5 Å². The molecule has 0 fully saturated rings. The van der Waals surface area contributed by atoms with Crippen molar-refractivity contribution in [2.24, 2.45) is 0 Å². The number of aliphatic hydroxyl groups is 1. The van der Waals surface area contributed by atoms with Gasteiger partial charge in [0.1, 0.15) is 12.2 Å². The number of benzene rings is 3. The lowest BCUT2D eigenvalue weighted by Crippen LogP contribution is -2.39. The maximum Gasteiger partial charge on any atom is 0.257 e. The monoisotopic (exact) mass is 515 g/mol. The molecule has 0 bridgehead atoms. The molecule has 0 unspecified atom stereocenters. The second kappa shape index (κ2) is 10.5. The van der Waals surface area contributed by atoms with E-state index >= 15 is 0 Å². The van der Waals surface area contributed by atoms with Crippen LogP contribution in [0.25, 0.3) is 10.9 Å². The summed E-state index contributed by atoms with van der Waals surface area (Å²) in [6, 6.07) is 20.8. The van der Waals surface area contributed by atoms with Gasteiger partial charge in [-0.15, -0.1) is 11.8 Å². The molecular weight excluding hydrogens is 494 g/mol. The van der Waals surface area contributed by atoms with E-state index < -0.39 is 5.91 Å². The van der Waals surface area contributed by atoms with Crippen molar-refractivity contribution in [3.05, 3.63) is 110 Å². The third-order valence-corrected chi connectivity index (χ3v) is 7.15. The number of carbonyl (C=O) groups excluding carboxylic acids is 1. The molecule has 2 heterocycles. The third kappa shape index (κ3) is 4.98. The molecule has 0 saturated carbocycles. The largest absolute Gasteiger partial charge is 0.384 e. The van der Waals surface area contributed by atoms with Gasteiger partial charge in [0.15, 0.2) is 0 Å². The third-order valence-electron chi connectivity index (χ3n) is 5.85. The van der Waals surface area contributed by atoms with Gasteiger partial charge < -0.3 is 10.4 Å². The van der Waals surface area contributed by atoms with Gasteiger partial charge in [0.05, 0.1) is 23.3 Å². The molecule has 0 atom stereocenters. The smallest absolute Gasteiger partial charge is 0.257 e. The molecule has 6 nitrogen and oxygen atoms in total. The van der Waals surface area contributed by atoms with Crippen molar-refractivity contribution >= 4 is 40.2 Å². The summed E-state index contributed by atoms with van der Waals surface area (Å²) < 4.78 is 1.91. The lowest BCUT2D eigenvalue weighted by atomic mass is 10.1. The van der Waals surface area contributed by atoms with Crippen LogP contribution >= 0.6 is 23.4 Å². The molecule has 1 amide bonds. The Hall–Kier alpha value is -3.70. The second-order valence-corrected chi connectivity index (χ2v) is 9.70. The summed E-state index contributed by atoms with van der Waals surface area (Å²) >= 11 is 7.57. The molecule has 36 heavy (non-hydrogen) atoms. The number of pyridine rings is 1. The summed E-state index contributed by atoms with van der Waals surface area (Å²) in [5.74, 6) is 5.71. The number of hydrogen-bond donors (Lipinski definition) is 2. The van der Waals surface area contributed by atoms with Crippen LogP contribution in [0, 0.1) is 11.8 Å². The predicted molar refractivity (Wildman–Crippen MR) is 144 cm³/mol. The van der Waals surface area contributed by atoms with Crippen molar-refractivity contribution in [1.29, 1.82) is 0 Å². The Morgan fingerprint density at radius 1 is 1.08 bits per heavy atom. The normalized spacial score (nSPS) is 12.2. The summed E-state index contributed by atoms with van der Waals surface area (Å²) in [6.07, 6.45) is 1.63. The number of thioether (sulfide) groups is 1. The number of rotatable bonds is 5. The van der Waals surface area contributed by atoms with Gasteiger partial charge in [-0.05, 0) is 35.4 Å². The van der Waals surface area contributed by atoms with Crippen LogP contribution in [-0.4, -0.2) is 28.2 Å². The van der Waals surface area contributed by atoms with Crippen LogP contribution in [0.2, 0.25) is 5.02 Å². The van der Waals surface area contributed by atoms with Crippen LogP contribution < -0.4 is 15.8 Å². The van der Waals surface area contributed by atoms with Crippen LogP contribution in [0.15, 0.2) is 82.6 Å². The minimum absolute atomic E-state index is 0.0552. The fraction of sp³-hybridized carbons (Fsp3) is 0.143. The highest BCUT2D eigenvalue weighted by Crippen LogP contribution is 2.33. The first kappa shape index (κ1) is 24.0. The highest BCUT2D eigenvalue weighted by molar-refractivity contribution is 7.99. The number of carbonyl (C=O) groups is 1. The van der Waals surface area contributed by atoms with E-state index in [1.165, 1.54) is 0 Å². The van der Waals surface area contributed by atoms with Crippen molar-refractivity contribution in [2.45, 2.75) is 18.0 Å². The number of nitrogens with one attached hydrogen (secondary N) is 1. The standard InChI is InChI=1S/C28H22ClN3O3S/c29-22-10-8-19(9-11-22)15-30-28(35)24-17-32-26-23(27(24)34)13-21(7-4-12-33)14-25(26)36-18-31(32)16-20-5-2-1-3-6-20/h1-3,5-6,8-11,13-14,17,33H,12,15-16,18H2,(H,30,35). The predicted octanol–water partition coefficient (Wildman–Crippen LogP) is 4.13. The zero-order chi connectivity index (χ0) is 25.1. The van der Waals surface area contributed by atoms with Crippen molar-refractivity contribution < 1.29 is 9.90 Å². The number of aromatic nitrogens is 1. The topological polar surface area (TPSA) is 74.6 Å². The van der Waals surface area contributed by atoms with E-state index in [1.54, 1.807) is 36.2 Å². The highest BCUT2D eigenvalue weighted by atomic mass is 35.5. The maximum absolute atomic E-state index is 13.5. The summed E-state index contributed by atoms with van der Waals surface area (Å²) in [5.41, 5.74) is 3.06. The quantitative estimate of drug-likeness (QED) is 0.391. The van der Waals surface area contributed by atoms with Gasteiger partial charge in [0, 0.05) is 28.2 Å². The van der Waals surface area contributed by atoms with E-state index in [1.807, 2.05) is 53.2 Å². The first-order chi connectivity index (χ1) is 17.5. The van der Waals surface area contributed by atoms with Crippen LogP contribution in [0.3, 0.4) is 0 Å². The number of hydrogen-bond acceptors (Lipinski definition) is 5. The Bertz CT molecular complexity index is 1560. The second-order valence-electron chi connectivity index (χ2n) is 8.28. The first-order valence-electron chi connectivity index (χ1n) is 11.3. The molecule has 8 heteroatoms. The minimum Gasteiger partial charge on any atom is -0.384 e. The molecule has 1 aliphatic heterocycles. The molecular formula is C28H22ClN3O3S. The van der Waals surface area contributed by atoms with Crippen LogP contribution in [0.4, 0.5) is 0 Å². The Kier molecular flexibility index (Phi) is 7.01. The van der Waals surface area contributed by atoms with E-state index in [4.69, 9.17) is 16.7 Å². The molecule has 5 rings (SSSR count). The molecule has 0 radical (unpaired) electrons. The molecule has 180 valence electrons. The Morgan fingerprint density at radius 2 is 1.86 bits per heavy atom. The van der Waals surface area contributed by atoms with E-state index in [0.29, 0.717) is 28.4 Å². The molecule has 0 aliphatic carbocycles. The van der Waals surface area contributed by atoms with E-state index in [2.05, 4.69) is 22.2 Å². The zero-order valence-electron chi connectivity index (χ0n) is 19.2. The van der Waals surface area contributed by atoms with Gasteiger partial charge in [-0.2, -0.15) is 0 Å². The van der Waals surface area contributed by atoms with Gasteiger partial charge in [0.25, 0.3) is 5.91 Å². The summed E-state index contributed by atoms with van der Waals surface area (Å²) in [7, 11) is 0. The number of amides is 1. The minimum atomic E-state index is -0.452. The van der Waals surface area contributed by atoms with Gasteiger partial charge in [-0.1, -0.05) is 65.9 Å². The average molecular weight is 516 g/mol. The van der Waals surface area contributed by atoms with Crippen molar-refractivity contribution in [1.82, 2.24) is 9.99 Å². The van der Waals surface area contributed by atoms with Gasteiger partial charge in [-0.25, -0.2) is 0 Å². The van der Waals surface area contributed by atoms with E-state index in [-0.39, 0.29) is 24.1 Å². The lowest BCUT2D eigenvalue weighted by Gasteiger charge is -2.33. The van der Waals surface area contributed by atoms with Gasteiger partial charge in [-0.3, -0.25) is 19.3 Å². The zero-order valence-corrected chi connectivity index (χ0v) is 20.8. The van der Waals surface area contributed by atoms with Crippen LogP contribution in [-0.2, 0) is 13.1 Å². The summed E-state index contributed by atoms with van der Waals surface area (Å²) in [5, 5.41) is 15.1. The van der Waals surface area contributed by atoms with Crippen LogP contribution in [0.1, 0.15) is 27.0 Å². The first-order valence-corrected chi connectivity index (χ1v) is 12.7. The van der Waals surface area contributed by atoms with Crippen molar-refractivity contribution in [3.8, 4) is 11.8 Å². The number of aliphatic hydroxyl groups excluding tert-OH is 1. The van der Waals surface area contributed by atoms with Gasteiger partial charge >= 0.3 is 0 Å². The summed E-state index contributed by atoms with van der Waals surface area (Å²) in [6.45, 7) is 0.607. The Balaban J connectivity index is 1.58. The van der Waals surface area contributed by atoms with E-state index in [0.717, 1.165) is 21.5 Å². The van der Waals surface area contributed by atoms with Crippen molar-refractivity contribution in [3.63, 3.8) is 0 Å². The molecule has 3 aromatic carbocycles. The SMILES string of the molecule is O=C(NCc1ccc(Cl)cc1)c1cn2c3c(cc(C#CCO)cc3c1=O)SCN2Cc1ccccc1. The Morgan fingerprint density at radius 3 is 2.61 bits per heavy atom. The number of nitrogens with zero attached hydrogens (tertiary/aromatic N) is 2. The molecule has 0 saturated heterocycles. The van der Waals surface area contributed by atoms with Crippen LogP contribution in [0.5, 0.6) is 0 Å². The molecule has 2 N–H and O–H groups in total. The lowest BCUT2D eigenvalue weighted by molar-refractivity contribution is 0.0949. The van der Waals surface area contributed by atoms with Gasteiger partial charge in [0.2, 0.25) is 5.43 Å². The average Bonchev–Trinajstić information content (AvgIpc) is 2.90. The fourth-order valence-corrected chi connectivity index (χ4v) is 5.30. The fourth-order valence-electron chi connectivity index (χ4n) is 4.12. The summed E-state index contributed by atoms with van der Waals surface area (Å²) in [4.78, 5) is 27.7. The highest BCUT2D eigenvalue weighted by Gasteiger charge is 2.24. The molecule has 1 aliphatic rings. The maximum atomic E-state index is 13.5.